The van der Waals surface area contributed by atoms with E-state index in [1.807, 2.05) is 6.92 Å². The Morgan fingerprint density at radius 2 is 1.35 bits per heavy atom. The van der Waals surface area contributed by atoms with Crippen LogP contribution < -0.4 is 0 Å². The molecule has 0 heterocycles. The zero-order chi connectivity index (χ0) is 24.0. The lowest BCUT2D eigenvalue weighted by molar-refractivity contribution is -0.514. The summed E-state index contributed by atoms with van der Waals surface area (Å²) in [7, 11) is 0. The zero-order valence-corrected chi connectivity index (χ0v) is 22.5. The van der Waals surface area contributed by atoms with Crippen LogP contribution in [0.3, 0.4) is 0 Å². The third-order valence-corrected chi connectivity index (χ3v) is 5.74. The molecule has 188 valence electrons. The Hall–Kier alpha value is -0.200. The minimum absolute atomic E-state index is 0.0227. The van der Waals surface area contributed by atoms with Crippen LogP contribution in [-0.2, 0) is 24.0 Å². The Labute approximate surface area is 193 Å². The van der Waals surface area contributed by atoms with Crippen molar-refractivity contribution in [1.82, 2.24) is 0 Å². The summed E-state index contributed by atoms with van der Waals surface area (Å²) in [5.41, 5.74) is -0.0227. The van der Waals surface area contributed by atoms with Gasteiger partial charge in [0.1, 0.15) is 0 Å². The van der Waals surface area contributed by atoms with E-state index in [0.29, 0.717) is 19.8 Å². The number of hydrogen-bond donors (Lipinski definition) is 0. The van der Waals surface area contributed by atoms with Crippen LogP contribution >= 0.6 is 0 Å². The van der Waals surface area contributed by atoms with Crippen molar-refractivity contribution < 1.29 is 24.0 Å². The van der Waals surface area contributed by atoms with Crippen molar-refractivity contribution in [1.29, 1.82) is 0 Å². The summed E-state index contributed by atoms with van der Waals surface area (Å²) in [5.74, 6) is -2.22. The molecule has 3 unspecified atom stereocenters. The van der Waals surface area contributed by atoms with Crippen LogP contribution in [0.25, 0.3) is 0 Å². The average molecular weight is 447 g/mol. The van der Waals surface area contributed by atoms with Crippen LogP contribution in [0, 0.1) is 11.3 Å². The van der Waals surface area contributed by atoms with Gasteiger partial charge in [0.05, 0.1) is 19.3 Å². The monoisotopic (exact) mass is 446 g/mol. The summed E-state index contributed by atoms with van der Waals surface area (Å²) in [6.07, 6.45) is 8.05. The molecule has 0 saturated carbocycles. The summed E-state index contributed by atoms with van der Waals surface area (Å²) in [6, 6.07) is 0. The molecule has 3 atom stereocenters. The van der Waals surface area contributed by atoms with Gasteiger partial charge in [-0.3, -0.25) is 0 Å². The number of rotatable bonds is 19. The molecule has 0 radical (unpaired) electrons. The minimum atomic E-state index is -1.19. The second-order valence-corrected chi connectivity index (χ2v) is 10.1. The predicted octanol–water partition coefficient (Wildman–Crippen LogP) is 7.67. The first-order chi connectivity index (χ1) is 14.6. The fourth-order valence-corrected chi connectivity index (χ4v) is 3.56. The highest BCUT2D eigenvalue weighted by molar-refractivity contribution is 4.91. The van der Waals surface area contributed by atoms with Gasteiger partial charge in [-0.25, -0.2) is 4.89 Å². The smallest absolute Gasteiger partial charge is 0.253 e. The van der Waals surface area contributed by atoms with Crippen LogP contribution in [0.5, 0.6) is 0 Å². The van der Waals surface area contributed by atoms with Gasteiger partial charge in [-0.05, 0) is 44.4 Å². The summed E-state index contributed by atoms with van der Waals surface area (Å²) in [5, 5.41) is 0. The maximum Gasteiger partial charge on any atom is 0.253 e. The van der Waals surface area contributed by atoms with Crippen molar-refractivity contribution in [3.05, 3.63) is 0 Å². The van der Waals surface area contributed by atoms with Crippen molar-refractivity contribution in [2.45, 2.75) is 138 Å². The van der Waals surface area contributed by atoms with E-state index >= 15 is 0 Å². The molecular weight excluding hydrogens is 392 g/mol. The summed E-state index contributed by atoms with van der Waals surface area (Å²) < 4.78 is 19.8. The molecule has 0 bridgehead atoms. The highest BCUT2D eigenvalue weighted by Crippen LogP contribution is 2.43. The van der Waals surface area contributed by atoms with Gasteiger partial charge in [-0.1, -0.05) is 81.6 Å². The fourth-order valence-electron chi connectivity index (χ4n) is 3.56. The molecule has 5 heteroatoms. The molecule has 0 aromatic heterocycles. The maximum absolute atomic E-state index is 6.65. The Bertz CT molecular complexity index is 432. The average Bonchev–Trinajstić information content (AvgIpc) is 2.73. The molecule has 0 amide bonds. The molecule has 0 aliphatic heterocycles. The first-order valence-corrected chi connectivity index (χ1v) is 12.8. The molecule has 0 spiro atoms. The zero-order valence-electron chi connectivity index (χ0n) is 22.5. The quantitative estimate of drug-likeness (QED) is 0.0881. The van der Waals surface area contributed by atoms with Crippen molar-refractivity contribution in [3.8, 4) is 0 Å². The van der Waals surface area contributed by atoms with Crippen molar-refractivity contribution in [3.63, 3.8) is 0 Å². The second-order valence-electron chi connectivity index (χ2n) is 10.1. The molecular formula is C26H54O5. The van der Waals surface area contributed by atoms with E-state index in [1.165, 1.54) is 12.8 Å². The van der Waals surface area contributed by atoms with Crippen molar-refractivity contribution >= 4 is 0 Å². The Balaban J connectivity index is 5.98. The molecule has 0 N–H and O–H groups in total. The third kappa shape index (κ3) is 10.5. The number of hydrogen-bond acceptors (Lipinski definition) is 5. The largest absolute Gasteiger partial charge is 0.345 e. The van der Waals surface area contributed by atoms with Crippen LogP contribution in [-0.4, -0.2) is 37.5 Å². The first kappa shape index (κ1) is 30.8. The van der Waals surface area contributed by atoms with E-state index < -0.39 is 11.6 Å². The molecule has 31 heavy (non-hydrogen) atoms. The van der Waals surface area contributed by atoms with Crippen LogP contribution in [0.4, 0.5) is 0 Å². The van der Waals surface area contributed by atoms with E-state index in [0.717, 1.165) is 38.5 Å². The lowest BCUT2D eigenvalue weighted by Gasteiger charge is -2.50. The third-order valence-electron chi connectivity index (χ3n) is 5.74. The van der Waals surface area contributed by atoms with E-state index in [2.05, 4.69) is 62.3 Å². The number of ether oxygens (including phenoxy) is 3. The van der Waals surface area contributed by atoms with Gasteiger partial charge in [-0.15, -0.1) is 0 Å². The van der Waals surface area contributed by atoms with E-state index in [9.17, 15) is 0 Å². The van der Waals surface area contributed by atoms with Gasteiger partial charge >= 0.3 is 0 Å². The molecule has 0 fully saturated rings. The van der Waals surface area contributed by atoms with E-state index in [1.54, 1.807) is 0 Å². The van der Waals surface area contributed by atoms with Crippen LogP contribution in [0.15, 0.2) is 0 Å². The molecule has 5 nitrogen and oxygen atoms in total. The van der Waals surface area contributed by atoms with Gasteiger partial charge in [0.2, 0.25) is 5.79 Å². The van der Waals surface area contributed by atoms with E-state index in [-0.39, 0.29) is 17.4 Å². The molecule has 0 aliphatic carbocycles. The van der Waals surface area contributed by atoms with E-state index in [4.69, 9.17) is 24.0 Å². The predicted molar refractivity (Wildman–Crippen MR) is 129 cm³/mol. The SMILES string of the molecule is CCCCCCOOC(C)(OC(CC)CC)C(OCCC)(OCC(C)(C)C)C(C)CC. The Morgan fingerprint density at radius 1 is 0.710 bits per heavy atom. The second kappa shape index (κ2) is 15.6. The molecule has 0 saturated heterocycles. The molecule has 0 aliphatic rings. The van der Waals surface area contributed by atoms with Crippen molar-refractivity contribution in [2.24, 2.45) is 11.3 Å². The topological polar surface area (TPSA) is 46.2 Å². The standard InChI is InChI=1S/C26H54O5/c1-11-16-17-18-20-29-31-25(10,30-23(14-4)15-5)26(22(6)13-3,27-19-12-2)28-21-24(7,8)9/h22-23H,11-21H2,1-10H3. The maximum atomic E-state index is 6.65. The van der Waals surface area contributed by atoms with Gasteiger partial charge in [-0.2, -0.15) is 4.89 Å². The summed E-state index contributed by atoms with van der Waals surface area (Å²) in [4.78, 5) is 11.9. The Kier molecular flexibility index (Phi) is 15.5. The van der Waals surface area contributed by atoms with Gasteiger partial charge in [0, 0.05) is 12.5 Å². The lowest BCUT2D eigenvalue weighted by Crippen LogP contribution is -2.64. The number of unbranched alkanes of at least 4 members (excludes halogenated alkanes) is 3. The molecule has 0 aromatic carbocycles. The fraction of sp³-hybridized carbons (Fsp3) is 1.00. The molecule has 0 rings (SSSR count). The summed E-state index contributed by atoms with van der Waals surface area (Å²) >= 11 is 0. The highest BCUT2D eigenvalue weighted by Gasteiger charge is 2.58. The van der Waals surface area contributed by atoms with Crippen LogP contribution in [0.1, 0.15) is 121 Å². The molecule has 0 aromatic rings. The first-order valence-electron chi connectivity index (χ1n) is 12.8. The van der Waals surface area contributed by atoms with Crippen molar-refractivity contribution in [2.75, 3.05) is 19.8 Å². The minimum Gasteiger partial charge on any atom is -0.345 e. The van der Waals surface area contributed by atoms with Gasteiger partial charge in [0.25, 0.3) is 5.79 Å². The summed E-state index contributed by atoms with van der Waals surface area (Å²) in [6.45, 7) is 22.9. The van der Waals surface area contributed by atoms with Gasteiger partial charge < -0.3 is 14.2 Å². The lowest BCUT2D eigenvalue weighted by atomic mass is 9.89. The normalized spacial score (nSPS) is 17.5. The van der Waals surface area contributed by atoms with Gasteiger partial charge in [0.15, 0.2) is 0 Å². The van der Waals surface area contributed by atoms with Crippen LogP contribution in [0.2, 0.25) is 0 Å². The highest BCUT2D eigenvalue weighted by atomic mass is 17.2. The Morgan fingerprint density at radius 3 is 1.84 bits per heavy atom.